The summed E-state index contributed by atoms with van der Waals surface area (Å²) in [6.45, 7) is -0.244. The van der Waals surface area contributed by atoms with Crippen molar-refractivity contribution in [3.05, 3.63) is 29.3 Å². The normalized spacial score (nSPS) is 10.2. The van der Waals surface area contributed by atoms with Crippen LogP contribution >= 0.6 is 11.3 Å². The van der Waals surface area contributed by atoms with Gasteiger partial charge in [0.1, 0.15) is 12.2 Å². The van der Waals surface area contributed by atoms with E-state index in [-0.39, 0.29) is 6.54 Å². The minimum atomic E-state index is -0.988. The number of thiophene rings is 1. The van der Waals surface area contributed by atoms with E-state index in [0.717, 1.165) is 4.88 Å². The third kappa shape index (κ3) is 2.01. The highest BCUT2D eigenvalue weighted by Crippen LogP contribution is 2.25. The van der Waals surface area contributed by atoms with Gasteiger partial charge in [0.25, 0.3) is 0 Å². The van der Waals surface area contributed by atoms with Gasteiger partial charge in [0.15, 0.2) is 6.29 Å². The molecular formula is C10H8N2O3S. The van der Waals surface area contributed by atoms with E-state index in [0.29, 0.717) is 17.5 Å². The molecule has 1 N–H and O–H groups in total. The molecule has 2 rings (SSSR count). The van der Waals surface area contributed by atoms with Gasteiger partial charge in [0.2, 0.25) is 0 Å². The number of aromatic nitrogens is 2. The Balaban J connectivity index is 2.41. The molecule has 0 aromatic carbocycles. The molecule has 5 nitrogen and oxygen atoms in total. The van der Waals surface area contributed by atoms with Crippen molar-refractivity contribution >= 4 is 23.6 Å². The zero-order valence-corrected chi connectivity index (χ0v) is 8.98. The molecule has 6 heteroatoms. The van der Waals surface area contributed by atoms with Gasteiger partial charge in [-0.2, -0.15) is 5.10 Å². The van der Waals surface area contributed by atoms with Gasteiger partial charge in [-0.05, 0) is 11.4 Å². The first-order chi connectivity index (χ1) is 7.70. The second-order valence-corrected chi connectivity index (χ2v) is 4.07. The third-order valence-corrected chi connectivity index (χ3v) is 2.85. The lowest BCUT2D eigenvalue weighted by Crippen LogP contribution is -2.08. The maximum atomic E-state index is 10.8. The largest absolute Gasteiger partial charge is 0.480 e. The van der Waals surface area contributed by atoms with Gasteiger partial charge in [-0.3, -0.25) is 14.3 Å². The summed E-state index contributed by atoms with van der Waals surface area (Å²) in [5.41, 5.74) is 0.940. The van der Waals surface area contributed by atoms with Crippen molar-refractivity contribution in [3.8, 4) is 10.6 Å². The quantitative estimate of drug-likeness (QED) is 0.817. The van der Waals surface area contributed by atoms with Crippen LogP contribution in [0.2, 0.25) is 0 Å². The first-order valence-corrected chi connectivity index (χ1v) is 5.37. The Kier molecular flexibility index (Phi) is 2.82. The minimum Gasteiger partial charge on any atom is -0.480 e. The number of carbonyl (C=O) groups is 2. The Morgan fingerprint density at radius 1 is 1.62 bits per heavy atom. The maximum Gasteiger partial charge on any atom is 0.325 e. The standard InChI is InChI=1S/C10H8N2O3S/c13-6-7-4-12(5-9(14)15)11-10(7)8-2-1-3-16-8/h1-4,6H,5H2,(H,14,15). The van der Waals surface area contributed by atoms with Crippen LogP contribution in [-0.4, -0.2) is 27.1 Å². The summed E-state index contributed by atoms with van der Waals surface area (Å²) >= 11 is 1.46. The number of rotatable bonds is 4. The Labute approximate surface area is 94.9 Å². The SMILES string of the molecule is O=Cc1cn(CC(=O)O)nc1-c1cccs1. The molecule has 0 aliphatic carbocycles. The molecule has 16 heavy (non-hydrogen) atoms. The molecule has 0 saturated heterocycles. The van der Waals surface area contributed by atoms with Gasteiger partial charge in [0.05, 0.1) is 10.4 Å². The maximum absolute atomic E-state index is 10.8. The predicted octanol–water partition coefficient (Wildman–Crippen LogP) is 1.51. The molecule has 0 saturated carbocycles. The van der Waals surface area contributed by atoms with Crippen LogP contribution in [-0.2, 0) is 11.3 Å². The lowest BCUT2D eigenvalue weighted by Gasteiger charge is -1.93. The average Bonchev–Trinajstić information content (AvgIpc) is 2.83. The van der Waals surface area contributed by atoms with E-state index in [1.54, 1.807) is 0 Å². The molecule has 82 valence electrons. The highest BCUT2D eigenvalue weighted by atomic mass is 32.1. The first-order valence-electron chi connectivity index (χ1n) is 4.49. The highest BCUT2D eigenvalue weighted by molar-refractivity contribution is 7.13. The lowest BCUT2D eigenvalue weighted by atomic mass is 10.2. The Morgan fingerprint density at radius 2 is 2.44 bits per heavy atom. The molecule has 0 aliphatic heterocycles. The number of carboxylic acid groups (broad SMARTS) is 1. The Morgan fingerprint density at radius 3 is 3.00 bits per heavy atom. The molecule has 2 heterocycles. The topological polar surface area (TPSA) is 72.2 Å². The van der Waals surface area contributed by atoms with Crippen molar-refractivity contribution in [3.63, 3.8) is 0 Å². The van der Waals surface area contributed by atoms with Crippen molar-refractivity contribution in [2.45, 2.75) is 6.54 Å². The zero-order chi connectivity index (χ0) is 11.5. The minimum absolute atomic E-state index is 0.244. The Bertz CT molecular complexity index is 516. The fourth-order valence-electron chi connectivity index (χ4n) is 1.35. The summed E-state index contributed by atoms with van der Waals surface area (Å²) in [5.74, 6) is -0.988. The average molecular weight is 236 g/mol. The molecule has 0 bridgehead atoms. The van der Waals surface area contributed by atoms with Crippen molar-refractivity contribution in [1.29, 1.82) is 0 Å². The van der Waals surface area contributed by atoms with Crippen molar-refractivity contribution in [2.75, 3.05) is 0 Å². The monoisotopic (exact) mass is 236 g/mol. The van der Waals surface area contributed by atoms with E-state index in [9.17, 15) is 9.59 Å². The third-order valence-electron chi connectivity index (χ3n) is 1.97. The zero-order valence-electron chi connectivity index (χ0n) is 8.16. The summed E-state index contributed by atoms with van der Waals surface area (Å²) in [7, 11) is 0. The van der Waals surface area contributed by atoms with Crippen molar-refractivity contribution in [1.82, 2.24) is 9.78 Å². The molecule has 0 atom stereocenters. The van der Waals surface area contributed by atoms with Crippen LogP contribution in [0, 0.1) is 0 Å². The molecule has 0 fully saturated rings. The molecule has 2 aromatic rings. The van der Waals surface area contributed by atoms with Gasteiger partial charge in [-0.25, -0.2) is 0 Å². The van der Waals surface area contributed by atoms with Gasteiger partial charge in [-0.1, -0.05) is 6.07 Å². The number of aliphatic carboxylic acids is 1. The molecular weight excluding hydrogens is 228 g/mol. The van der Waals surface area contributed by atoms with E-state index in [2.05, 4.69) is 5.10 Å². The smallest absolute Gasteiger partial charge is 0.325 e. The number of hydrogen-bond acceptors (Lipinski definition) is 4. The van der Waals surface area contributed by atoms with E-state index in [1.165, 1.54) is 22.2 Å². The molecule has 0 amide bonds. The highest BCUT2D eigenvalue weighted by Gasteiger charge is 2.12. The molecule has 0 spiro atoms. The number of carbonyl (C=O) groups excluding carboxylic acids is 1. The van der Waals surface area contributed by atoms with Crippen LogP contribution in [0.3, 0.4) is 0 Å². The molecule has 0 unspecified atom stereocenters. The summed E-state index contributed by atoms with van der Waals surface area (Å²) < 4.78 is 1.25. The predicted molar refractivity (Wildman–Crippen MR) is 58.6 cm³/mol. The molecule has 2 aromatic heterocycles. The second-order valence-electron chi connectivity index (χ2n) is 3.12. The van der Waals surface area contributed by atoms with Crippen molar-refractivity contribution in [2.24, 2.45) is 0 Å². The van der Waals surface area contributed by atoms with E-state index < -0.39 is 5.97 Å². The van der Waals surface area contributed by atoms with E-state index in [4.69, 9.17) is 5.11 Å². The van der Waals surface area contributed by atoms with Crippen molar-refractivity contribution < 1.29 is 14.7 Å². The Hall–Kier alpha value is -1.95. The second kappa shape index (κ2) is 4.28. The van der Waals surface area contributed by atoms with E-state index >= 15 is 0 Å². The van der Waals surface area contributed by atoms with Crippen LogP contribution < -0.4 is 0 Å². The number of hydrogen-bond donors (Lipinski definition) is 1. The number of aldehydes is 1. The lowest BCUT2D eigenvalue weighted by molar-refractivity contribution is -0.137. The van der Waals surface area contributed by atoms with Crippen LogP contribution in [0.1, 0.15) is 10.4 Å². The summed E-state index contributed by atoms with van der Waals surface area (Å²) in [4.78, 5) is 22.2. The number of nitrogens with zero attached hydrogens (tertiary/aromatic N) is 2. The van der Waals surface area contributed by atoms with E-state index in [1.807, 2.05) is 17.5 Å². The first kappa shape index (κ1) is 10.6. The van der Waals surface area contributed by atoms with Gasteiger partial charge < -0.3 is 5.11 Å². The van der Waals surface area contributed by atoms with Crippen LogP contribution in [0.25, 0.3) is 10.6 Å². The number of carboxylic acids is 1. The fraction of sp³-hybridized carbons (Fsp3) is 0.100. The van der Waals surface area contributed by atoms with Crippen LogP contribution in [0.5, 0.6) is 0 Å². The van der Waals surface area contributed by atoms with Gasteiger partial charge in [0, 0.05) is 6.20 Å². The summed E-state index contributed by atoms with van der Waals surface area (Å²) in [5, 5.41) is 14.6. The summed E-state index contributed by atoms with van der Waals surface area (Å²) in [6.07, 6.45) is 2.12. The van der Waals surface area contributed by atoms with Gasteiger partial charge >= 0.3 is 5.97 Å². The summed E-state index contributed by atoms with van der Waals surface area (Å²) in [6, 6.07) is 3.69. The van der Waals surface area contributed by atoms with Crippen LogP contribution in [0.15, 0.2) is 23.7 Å². The van der Waals surface area contributed by atoms with Gasteiger partial charge in [-0.15, -0.1) is 11.3 Å². The molecule has 0 aliphatic rings. The van der Waals surface area contributed by atoms with Crippen LogP contribution in [0.4, 0.5) is 0 Å². The fourth-order valence-corrected chi connectivity index (χ4v) is 2.08. The molecule has 0 radical (unpaired) electrons.